The fourth-order valence-electron chi connectivity index (χ4n) is 2.90. The fraction of sp³-hybridized carbons (Fsp3) is 0.611. The van der Waals surface area contributed by atoms with Crippen LogP contribution in [0.1, 0.15) is 59.4 Å². The first-order chi connectivity index (χ1) is 11.5. The molecule has 0 saturated heterocycles. The molecule has 0 aromatic carbocycles. The first-order valence-corrected chi connectivity index (χ1v) is 8.72. The van der Waals surface area contributed by atoms with Gasteiger partial charge in [0.2, 0.25) is 0 Å². The molecule has 0 amide bonds. The Kier molecular flexibility index (Phi) is 5.94. The molecule has 0 unspecified atom stereocenters. The maximum absolute atomic E-state index is 12.1. The van der Waals surface area contributed by atoms with Crippen LogP contribution in [0.4, 0.5) is 0 Å². The van der Waals surface area contributed by atoms with Crippen LogP contribution in [-0.2, 0) is 0 Å². The zero-order chi connectivity index (χ0) is 17.7. The average Bonchev–Trinajstić information content (AvgIpc) is 2.55. The molecular formula is C18H27N3O3. The minimum Gasteiger partial charge on any atom is -0.492 e. The molecule has 24 heavy (non-hydrogen) atoms. The van der Waals surface area contributed by atoms with Gasteiger partial charge in [0, 0.05) is 12.1 Å². The molecule has 2 aromatic rings. The highest BCUT2D eigenvalue weighted by Gasteiger charge is 2.40. The van der Waals surface area contributed by atoms with E-state index in [-0.39, 0.29) is 11.6 Å². The lowest BCUT2D eigenvalue weighted by Gasteiger charge is -2.41. The van der Waals surface area contributed by atoms with Gasteiger partial charge < -0.3 is 9.84 Å². The second kappa shape index (κ2) is 7.75. The lowest BCUT2D eigenvalue weighted by molar-refractivity contribution is -0.0507. The van der Waals surface area contributed by atoms with Crippen molar-refractivity contribution in [3.05, 3.63) is 28.8 Å². The molecule has 6 nitrogen and oxygen atoms in total. The molecule has 0 atom stereocenters. The van der Waals surface area contributed by atoms with Crippen LogP contribution in [0, 0.1) is 0 Å². The van der Waals surface area contributed by atoms with E-state index < -0.39 is 5.60 Å². The third-order valence-corrected chi connectivity index (χ3v) is 4.08. The molecule has 1 aliphatic rings. The summed E-state index contributed by atoms with van der Waals surface area (Å²) in [6.07, 6.45) is 6.12. The normalized spacial score (nSPS) is 22.5. The summed E-state index contributed by atoms with van der Waals surface area (Å²) in [5, 5.41) is 9.90. The summed E-state index contributed by atoms with van der Waals surface area (Å²) in [6.45, 7) is 8.54. The predicted octanol–water partition coefficient (Wildman–Crippen LogP) is 3.08. The van der Waals surface area contributed by atoms with Crippen molar-refractivity contribution in [2.75, 3.05) is 6.61 Å². The van der Waals surface area contributed by atoms with Crippen LogP contribution in [0.25, 0.3) is 11.2 Å². The molecule has 2 aromatic heterocycles. The summed E-state index contributed by atoms with van der Waals surface area (Å²) >= 11 is 0. The molecule has 0 spiro atoms. The van der Waals surface area contributed by atoms with Gasteiger partial charge >= 0.3 is 0 Å². The zero-order valence-corrected chi connectivity index (χ0v) is 15.0. The van der Waals surface area contributed by atoms with Crippen LogP contribution in [0.15, 0.2) is 23.3 Å². The number of rotatable bonds is 5. The smallest absolute Gasteiger partial charge is 0.270 e. The van der Waals surface area contributed by atoms with Crippen molar-refractivity contribution in [3.8, 4) is 5.75 Å². The van der Waals surface area contributed by atoms with Gasteiger partial charge in [0.15, 0.2) is 5.65 Å². The molecule has 3 rings (SSSR count). The minimum absolute atomic E-state index is 0.0210. The van der Waals surface area contributed by atoms with Gasteiger partial charge in [-0.05, 0) is 26.2 Å². The molecule has 0 radical (unpaired) electrons. The Balaban J connectivity index is 0.00000100. The van der Waals surface area contributed by atoms with E-state index in [1.54, 1.807) is 17.7 Å². The summed E-state index contributed by atoms with van der Waals surface area (Å²) in [5.41, 5.74) is 0.319. The second-order valence-electron chi connectivity index (χ2n) is 6.24. The van der Waals surface area contributed by atoms with Gasteiger partial charge in [0.05, 0.1) is 24.6 Å². The van der Waals surface area contributed by atoms with Gasteiger partial charge in [-0.1, -0.05) is 27.2 Å². The van der Waals surface area contributed by atoms with Crippen molar-refractivity contribution in [3.63, 3.8) is 0 Å². The lowest BCUT2D eigenvalue weighted by Crippen LogP contribution is -2.45. The first kappa shape index (κ1) is 18.4. The summed E-state index contributed by atoms with van der Waals surface area (Å²) in [4.78, 5) is 20.7. The molecule has 132 valence electrons. The lowest BCUT2D eigenvalue weighted by atomic mass is 9.77. The molecular weight excluding hydrogens is 306 g/mol. The highest BCUT2D eigenvalue weighted by Crippen LogP contribution is 2.40. The Morgan fingerprint density at radius 1 is 1.33 bits per heavy atom. The first-order valence-electron chi connectivity index (χ1n) is 8.72. The van der Waals surface area contributed by atoms with E-state index in [1.165, 1.54) is 6.20 Å². The monoisotopic (exact) mass is 333 g/mol. The Labute approximate surface area is 142 Å². The molecule has 0 bridgehead atoms. The van der Waals surface area contributed by atoms with E-state index >= 15 is 0 Å². The SMILES string of the molecule is CC.CCCCOc1cnc2c(c1)ncc(=O)n2C1CC(C)(O)C1. The van der Waals surface area contributed by atoms with Crippen LogP contribution in [0.3, 0.4) is 0 Å². The number of nitrogens with zero attached hydrogens (tertiary/aromatic N) is 3. The highest BCUT2D eigenvalue weighted by atomic mass is 16.5. The number of aromatic nitrogens is 3. The summed E-state index contributed by atoms with van der Waals surface area (Å²) in [6, 6.07) is 1.79. The Hall–Kier alpha value is -1.95. The van der Waals surface area contributed by atoms with Crippen LogP contribution < -0.4 is 10.3 Å². The van der Waals surface area contributed by atoms with E-state index in [0.717, 1.165) is 12.8 Å². The average molecular weight is 333 g/mol. The molecule has 1 aliphatic carbocycles. The highest BCUT2D eigenvalue weighted by molar-refractivity contribution is 5.71. The zero-order valence-electron chi connectivity index (χ0n) is 15.0. The van der Waals surface area contributed by atoms with Crippen molar-refractivity contribution in [2.45, 2.75) is 65.0 Å². The summed E-state index contributed by atoms with van der Waals surface area (Å²) < 4.78 is 7.26. The quantitative estimate of drug-likeness (QED) is 0.851. The van der Waals surface area contributed by atoms with Gasteiger partial charge in [-0.3, -0.25) is 9.36 Å². The van der Waals surface area contributed by atoms with Gasteiger partial charge in [0.25, 0.3) is 5.56 Å². The standard InChI is InChI=1S/C16H21N3O3.C2H6/c1-3-4-5-22-12-6-13-15(18-9-12)19(14(20)10-17-13)11-7-16(2,21)8-11;1-2/h6,9-11,21H,3-5,7-8H2,1-2H3;1-2H3. The maximum atomic E-state index is 12.1. The second-order valence-corrected chi connectivity index (χ2v) is 6.24. The Morgan fingerprint density at radius 2 is 2.04 bits per heavy atom. The minimum atomic E-state index is -0.692. The molecule has 1 N–H and O–H groups in total. The van der Waals surface area contributed by atoms with Crippen LogP contribution in [-0.4, -0.2) is 31.8 Å². The number of hydrogen-bond donors (Lipinski definition) is 1. The molecule has 0 aliphatic heterocycles. The van der Waals surface area contributed by atoms with Crippen LogP contribution in [0.5, 0.6) is 5.75 Å². The van der Waals surface area contributed by atoms with Crippen molar-refractivity contribution in [1.82, 2.24) is 14.5 Å². The Morgan fingerprint density at radius 3 is 2.67 bits per heavy atom. The van der Waals surface area contributed by atoms with Crippen LogP contribution in [0.2, 0.25) is 0 Å². The van der Waals surface area contributed by atoms with E-state index in [4.69, 9.17) is 4.74 Å². The van der Waals surface area contributed by atoms with Gasteiger partial charge in [-0.25, -0.2) is 9.97 Å². The predicted molar refractivity (Wildman–Crippen MR) is 94.4 cm³/mol. The van der Waals surface area contributed by atoms with Crippen LogP contribution >= 0.6 is 0 Å². The molecule has 1 fully saturated rings. The van der Waals surface area contributed by atoms with E-state index in [2.05, 4.69) is 16.9 Å². The Bertz CT molecular complexity index is 732. The van der Waals surface area contributed by atoms with Gasteiger partial charge in [-0.15, -0.1) is 0 Å². The maximum Gasteiger partial charge on any atom is 0.270 e. The van der Waals surface area contributed by atoms with E-state index in [1.807, 2.05) is 19.9 Å². The third kappa shape index (κ3) is 3.93. The molecule has 2 heterocycles. The number of fused-ring (bicyclic) bond motifs is 1. The van der Waals surface area contributed by atoms with Crippen molar-refractivity contribution in [1.29, 1.82) is 0 Å². The number of hydrogen-bond acceptors (Lipinski definition) is 5. The summed E-state index contributed by atoms with van der Waals surface area (Å²) in [5.74, 6) is 0.666. The number of pyridine rings is 1. The molecule has 1 saturated carbocycles. The topological polar surface area (TPSA) is 77.2 Å². The van der Waals surface area contributed by atoms with E-state index in [9.17, 15) is 9.90 Å². The van der Waals surface area contributed by atoms with Crippen molar-refractivity contribution in [2.24, 2.45) is 0 Å². The van der Waals surface area contributed by atoms with Gasteiger partial charge in [0.1, 0.15) is 11.3 Å². The largest absolute Gasteiger partial charge is 0.492 e. The third-order valence-electron chi connectivity index (χ3n) is 4.08. The van der Waals surface area contributed by atoms with Crippen molar-refractivity contribution >= 4 is 11.2 Å². The van der Waals surface area contributed by atoms with Gasteiger partial charge in [-0.2, -0.15) is 0 Å². The summed E-state index contributed by atoms with van der Waals surface area (Å²) in [7, 11) is 0. The number of aliphatic hydroxyl groups is 1. The number of ether oxygens (including phenoxy) is 1. The van der Waals surface area contributed by atoms with Crippen molar-refractivity contribution < 1.29 is 9.84 Å². The molecule has 6 heteroatoms. The number of unbranched alkanes of at least 4 members (excludes halogenated alkanes) is 1. The van der Waals surface area contributed by atoms with E-state index in [0.29, 0.717) is 36.4 Å². The fourth-order valence-corrected chi connectivity index (χ4v) is 2.90.